The Morgan fingerprint density at radius 2 is 1.81 bits per heavy atom. The van der Waals surface area contributed by atoms with Crippen molar-refractivity contribution in [3.8, 4) is 0 Å². The maximum atomic E-state index is 12.5. The van der Waals surface area contributed by atoms with Crippen molar-refractivity contribution in [1.82, 2.24) is 10.6 Å². The molecule has 120 valence electrons. The smallest absolute Gasteiger partial charge is 0.167 e. The van der Waals surface area contributed by atoms with E-state index in [1.807, 2.05) is 20.9 Å². The molecule has 0 spiro atoms. The van der Waals surface area contributed by atoms with Gasteiger partial charge < -0.3 is 5.32 Å². The lowest BCUT2D eigenvalue weighted by Gasteiger charge is -2.31. The van der Waals surface area contributed by atoms with Gasteiger partial charge in [-0.15, -0.1) is 0 Å². The first kappa shape index (κ1) is 18.7. The molecule has 0 bridgehead atoms. The molecule has 1 aliphatic heterocycles. The molecule has 21 heavy (non-hydrogen) atoms. The van der Waals surface area contributed by atoms with Crippen LogP contribution in [0, 0.1) is 0 Å². The number of nitrogens with one attached hydrogen (secondary N) is 2. The van der Waals surface area contributed by atoms with Crippen LogP contribution in [0.5, 0.6) is 0 Å². The average molecular weight is 331 g/mol. The van der Waals surface area contributed by atoms with Crippen LogP contribution in [0.25, 0.3) is 0 Å². The molecule has 6 heteroatoms. The minimum Gasteiger partial charge on any atom is -0.308 e. The number of rotatable bonds is 2. The molecular formula is C15H26N2O2S2. The highest BCUT2D eigenvalue weighted by atomic mass is 32.2. The van der Waals surface area contributed by atoms with Crippen LogP contribution in [0.1, 0.15) is 20.8 Å². The highest BCUT2D eigenvalue weighted by Crippen LogP contribution is 2.18. The summed E-state index contributed by atoms with van der Waals surface area (Å²) in [6.07, 6.45) is 4.27. The van der Waals surface area contributed by atoms with E-state index in [2.05, 4.69) is 22.8 Å². The van der Waals surface area contributed by atoms with E-state index in [0.717, 1.165) is 17.3 Å². The normalized spacial score (nSPS) is 34.4. The molecule has 0 aliphatic carbocycles. The summed E-state index contributed by atoms with van der Waals surface area (Å²) in [6.45, 7) is 5.60. The number of Topliss-reactive ketones (excluding diaryl/α,β-unsaturated/α-hetero) is 2. The number of hydrogen-bond acceptors (Lipinski definition) is 6. The molecule has 4 nitrogen and oxygen atoms in total. The van der Waals surface area contributed by atoms with E-state index in [4.69, 9.17) is 0 Å². The molecule has 0 aromatic carbocycles. The lowest BCUT2D eigenvalue weighted by atomic mass is 9.96. The zero-order valence-electron chi connectivity index (χ0n) is 13.3. The molecular weight excluding hydrogens is 304 g/mol. The summed E-state index contributed by atoms with van der Waals surface area (Å²) in [5.41, 5.74) is -1.21. The van der Waals surface area contributed by atoms with Crippen molar-refractivity contribution in [2.45, 2.75) is 31.8 Å². The molecule has 0 aromatic heterocycles. The zero-order chi connectivity index (χ0) is 15.9. The van der Waals surface area contributed by atoms with E-state index < -0.39 is 11.1 Å². The van der Waals surface area contributed by atoms with Gasteiger partial charge in [0, 0.05) is 23.0 Å². The van der Waals surface area contributed by atoms with Crippen molar-refractivity contribution < 1.29 is 9.59 Å². The van der Waals surface area contributed by atoms with Crippen molar-refractivity contribution in [3.63, 3.8) is 0 Å². The Morgan fingerprint density at radius 1 is 1.24 bits per heavy atom. The standard InChI is InChI=1S/C15H26N2O2S2/c1-12(18)14(2)10-20-7-5-6-8-21-11-15(3,16-4)13(19)9-17-14/h5-6,16-17H,7-11H2,1-4H3/b6-5+/t14-,15-/m0/s1. The predicted molar refractivity (Wildman–Crippen MR) is 93.4 cm³/mol. The second-order valence-corrected chi connectivity index (χ2v) is 7.81. The number of likely N-dealkylation sites (N-methyl/N-ethyl adjacent to an activating group) is 1. The lowest BCUT2D eigenvalue weighted by Crippen LogP contribution is -2.58. The van der Waals surface area contributed by atoms with Crippen LogP contribution in [0.15, 0.2) is 12.2 Å². The van der Waals surface area contributed by atoms with Gasteiger partial charge in [0.05, 0.1) is 17.6 Å². The third-order valence-electron chi connectivity index (χ3n) is 3.96. The number of carbonyl (C=O) groups is 2. The first-order chi connectivity index (χ1) is 9.84. The van der Waals surface area contributed by atoms with Gasteiger partial charge >= 0.3 is 0 Å². The minimum absolute atomic E-state index is 0.0715. The zero-order valence-corrected chi connectivity index (χ0v) is 15.0. The van der Waals surface area contributed by atoms with Gasteiger partial charge in [-0.1, -0.05) is 12.2 Å². The Balaban J connectivity index is 2.88. The van der Waals surface area contributed by atoms with Gasteiger partial charge in [0.25, 0.3) is 0 Å². The van der Waals surface area contributed by atoms with Crippen LogP contribution in [-0.2, 0) is 9.59 Å². The second-order valence-electron chi connectivity index (χ2n) is 5.75. The maximum Gasteiger partial charge on any atom is 0.167 e. The summed E-state index contributed by atoms with van der Waals surface area (Å²) in [6, 6.07) is 0. The number of hydrogen-bond donors (Lipinski definition) is 2. The molecule has 2 N–H and O–H groups in total. The van der Waals surface area contributed by atoms with Crippen molar-refractivity contribution in [2.75, 3.05) is 36.6 Å². The summed E-state index contributed by atoms with van der Waals surface area (Å²) in [4.78, 5) is 24.4. The van der Waals surface area contributed by atoms with Crippen molar-refractivity contribution in [3.05, 3.63) is 12.2 Å². The monoisotopic (exact) mass is 330 g/mol. The quantitative estimate of drug-likeness (QED) is 0.749. The van der Waals surface area contributed by atoms with Gasteiger partial charge in [0.1, 0.15) is 5.78 Å². The fraction of sp³-hybridized carbons (Fsp3) is 0.733. The molecule has 0 saturated carbocycles. The molecule has 0 amide bonds. The number of ketones is 2. The Hall–Kier alpha value is -0.300. The van der Waals surface area contributed by atoms with E-state index in [0.29, 0.717) is 5.75 Å². The van der Waals surface area contributed by atoms with Gasteiger partial charge in [0.2, 0.25) is 0 Å². The molecule has 0 aromatic rings. The molecule has 1 rings (SSSR count). The summed E-state index contributed by atoms with van der Waals surface area (Å²) < 4.78 is 0. The predicted octanol–water partition coefficient (Wildman–Crippen LogP) is 1.51. The van der Waals surface area contributed by atoms with Gasteiger partial charge in [-0.05, 0) is 27.8 Å². The molecule has 2 atom stereocenters. The fourth-order valence-electron chi connectivity index (χ4n) is 1.84. The van der Waals surface area contributed by atoms with Crippen molar-refractivity contribution >= 4 is 35.1 Å². The van der Waals surface area contributed by atoms with Crippen molar-refractivity contribution in [2.24, 2.45) is 0 Å². The Morgan fingerprint density at radius 3 is 2.33 bits per heavy atom. The first-order valence-corrected chi connectivity index (χ1v) is 9.44. The number of carbonyl (C=O) groups excluding carboxylic acids is 2. The Labute approximate surface area is 136 Å². The van der Waals surface area contributed by atoms with E-state index in [1.165, 1.54) is 0 Å². The van der Waals surface area contributed by atoms with Crippen LogP contribution < -0.4 is 10.6 Å². The van der Waals surface area contributed by atoms with Crippen LogP contribution in [0.3, 0.4) is 0 Å². The summed E-state index contributed by atoms with van der Waals surface area (Å²) in [5, 5.41) is 6.31. The minimum atomic E-state index is -0.649. The molecule has 1 aliphatic rings. The van der Waals surface area contributed by atoms with Crippen LogP contribution in [-0.4, -0.2) is 59.2 Å². The molecule has 0 fully saturated rings. The molecule has 0 radical (unpaired) electrons. The van der Waals surface area contributed by atoms with Gasteiger partial charge in [-0.2, -0.15) is 23.5 Å². The van der Waals surface area contributed by atoms with E-state index in [1.54, 1.807) is 30.4 Å². The first-order valence-electron chi connectivity index (χ1n) is 7.13. The lowest BCUT2D eigenvalue weighted by molar-refractivity contribution is -0.125. The largest absolute Gasteiger partial charge is 0.308 e. The van der Waals surface area contributed by atoms with Crippen molar-refractivity contribution in [1.29, 1.82) is 0 Å². The third kappa shape index (κ3) is 5.43. The molecule has 0 unspecified atom stereocenters. The van der Waals surface area contributed by atoms with E-state index in [9.17, 15) is 9.59 Å². The van der Waals surface area contributed by atoms with E-state index >= 15 is 0 Å². The van der Waals surface area contributed by atoms with Crippen LogP contribution in [0.4, 0.5) is 0 Å². The number of thioether (sulfide) groups is 2. The SMILES string of the molecule is CN[C@@]1(C)CSC/C=C/CSC[C@@](C)(C(C)=O)NCC1=O. The Kier molecular flexibility index (Phi) is 7.47. The van der Waals surface area contributed by atoms with Crippen LogP contribution in [0.2, 0.25) is 0 Å². The molecule has 1 heterocycles. The fourth-order valence-corrected chi connectivity index (χ4v) is 4.05. The highest BCUT2D eigenvalue weighted by Gasteiger charge is 2.35. The summed E-state index contributed by atoms with van der Waals surface area (Å²) in [7, 11) is 1.81. The van der Waals surface area contributed by atoms with Gasteiger partial charge in [-0.25, -0.2) is 0 Å². The second kappa shape index (κ2) is 8.36. The van der Waals surface area contributed by atoms with Gasteiger partial charge in [-0.3, -0.25) is 14.9 Å². The highest BCUT2D eigenvalue weighted by molar-refractivity contribution is 7.99. The van der Waals surface area contributed by atoms with Crippen LogP contribution >= 0.6 is 23.5 Å². The Bertz CT molecular complexity index is 414. The summed E-state index contributed by atoms with van der Waals surface area (Å²) in [5.74, 6) is 3.35. The van der Waals surface area contributed by atoms with Gasteiger partial charge in [0.15, 0.2) is 5.78 Å². The summed E-state index contributed by atoms with van der Waals surface area (Å²) >= 11 is 3.45. The maximum absolute atomic E-state index is 12.5. The third-order valence-corrected chi connectivity index (χ3v) is 6.38. The molecule has 0 saturated heterocycles. The topological polar surface area (TPSA) is 58.2 Å². The van der Waals surface area contributed by atoms with E-state index in [-0.39, 0.29) is 18.1 Å². The average Bonchev–Trinajstić information content (AvgIpc) is 2.47.